The van der Waals surface area contributed by atoms with E-state index in [1.165, 1.54) is 12.3 Å². The zero-order chi connectivity index (χ0) is 19.2. The Hall–Kier alpha value is -3.60. The molecule has 0 aliphatic carbocycles. The zero-order valence-electron chi connectivity index (χ0n) is 15.2. The Bertz CT molecular complexity index is 974. The lowest BCUT2D eigenvalue weighted by atomic mass is 10.1. The number of anilines is 1. The maximum atomic E-state index is 12.8. The Morgan fingerprint density at radius 1 is 0.963 bits per heavy atom. The number of amides is 2. The summed E-state index contributed by atoms with van der Waals surface area (Å²) in [4.78, 5) is 25.3. The van der Waals surface area contributed by atoms with Crippen LogP contribution in [0.3, 0.4) is 0 Å². The molecule has 2 N–H and O–H groups in total. The highest BCUT2D eigenvalue weighted by molar-refractivity contribution is 6.10. The average molecular weight is 360 g/mol. The highest BCUT2D eigenvalue weighted by Gasteiger charge is 2.16. The van der Waals surface area contributed by atoms with E-state index in [9.17, 15) is 9.59 Å². The fourth-order valence-electron chi connectivity index (χ4n) is 2.52. The van der Waals surface area contributed by atoms with Gasteiger partial charge in [0.05, 0.1) is 6.26 Å². The molecule has 5 heteroatoms. The average Bonchev–Trinajstić information content (AvgIpc) is 3.18. The van der Waals surface area contributed by atoms with Crippen molar-refractivity contribution in [2.75, 3.05) is 5.32 Å². The van der Waals surface area contributed by atoms with Gasteiger partial charge in [-0.1, -0.05) is 30.3 Å². The van der Waals surface area contributed by atoms with Crippen LogP contribution in [-0.4, -0.2) is 11.8 Å². The van der Waals surface area contributed by atoms with E-state index in [2.05, 4.69) is 10.6 Å². The third kappa shape index (κ3) is 4.73. The molecule has 5 nitrogen and oxygen atoms in total. The molecule has 0 bridgehead atoms. The fourth-order valence-corrected chi connectivity index (χ4v) is 2.52. The van der Waals surface area contributed by atoms with E-state index in [0.29, 0.717) is 17.0 Å². The molecule has 0 aliphatic heterocycles. The highest BCUT2D eigenvalue weighted by atomic mass is 16.3. The first-order valence-electron chi connectivity index (χ1n) is 8.53. The van der Waals surface area contributed by atoms with Gasteiger partial charge in [0.15, 0.2) is 0 Å². The predicted octanol–water partition coefficient (Wildman–Crippen LogP) is 4.31. The molecule has 1 heterocycles. The van der Waals surface area contributed by atoms with Gasteiger partial charge in [0, 0.05) is 17.3 Å². The molecule has 1 aromatic heterocycles. The normalized spacial score (nSPS) is 11.1. The number of hydrogen-bond donors (Lipinski definition) is 2. The van der Waals surface area contributed by atoms with Gasteiger partial charge in [-0.25, -0.2) is 0 Å². The Morgan fingerprint density at radius 2 is 1.74 bits per heavy atom. The monoisotopic (exact) mass is 360 g/mol. The lowest BCUT2D eigenvalue weighted by Crippen LogP contribution is -2.30. The largest absolute Gasteiger partial charge is 0.465 e. The van der Waals surface area contributed by atoms with Gasteiger partial charge in [-0.3, -0.25) is 9.59 Å². The first kappa shape index (κ1) is 18.2. The number of hydrogen-bond acceptors (Lipinski definition) is 3. The first-order valence-corrected chi connectivity index (χ1v) is 8.53. The van der Waals surface area contributed by atoms with Crippen molar-refractivity contribution in [1.29, 1.82) is 0 Å². The summed E-state index contributed by atoms with van der Waals surface area (Å²) in [6.07, 6.45) is 3.01. The summed E-state index contributed by atoms with van der Waals surface area (Å²) in [5.41, 5.74) is 3.21. The third-order valence-corrected chi connectivity index (χ3v) is 4.00. The van der Waals surface area contributed by atoms with Crippen LogP contribution in [0, 0.1) is 13.8 Å². The summed E-state index contributed by atoms with van der Waals surface area (Å²) in [5.74, 6) is -0.330. The van der Waals surface area contributed by atoms with Crippen LogP contribution < -0.4 is 10.6 Å². The van der Waals surface area contributed by atoms with E-state index in [1.807, 2.05) is 38.1 Å². The van der Waals surface area contributed by atoms with Gasteiger partial charge in [-0.2, -0.15) is 0 Å². The number of carbonyl (C=O) groups excluding carboxylic acids is 2. The van der Waals surface area contributed by atoms with Crippen molar-refractivity contribution in [2.24, 2.45) is 0 Å². The van der Waals surface area contributed by atoms with E-state index in [1.54, 1.807) is 36.4 Å². The van der Waals surface area contributed by atoms with E-state index in [-0.39, 0.29) is 11.6 Å². The molecule has 27 heavy (non-hydrogen) atoms. The van der Waals surface area contributed by atoms with Crippen LogP contribution >= 0.6 is 0 Å². The van der Waals surface area contributed by atoms with E-state index in [0.717, 1.165) is 11.1 Å². The molecule has 3 aromatic rings. The van der Waals surface area contributed by atoms with Gasteiger partial charge in [-0.05, 0) is 55.3 Å². The molecule has 0 spiro atoms. The molecule has 0 saturated carbocycles. The SMILES string of the molecule is Cc1ccc(C)c(NC(=O)/C(=C/c2ccco2)NC(=O)c2ccccc2)c1. The molecule has 0 fully saturated rings. The molecule has 136 valence electrons. The molecule has 2 aromatic carbocycles. The summed E-state index contributed by atoms with van der Waals surface area (Å²) in [7, 11) is 0. The third-order valence-electron chi connectivity index (χ3n) is 4.00. The van der Waals surface area contributed by atoms with Gasteiger partial charge < -0.3 is 15.1 Å². The topological polar surface area (TPSA) is 71.3 Å². The molecule has 0 atom stereocenters. The minimum absolute atomic E-state index is 0.0970. The van der Waals surface area contributed by atoms with Gasteiger partial charge in [0.1, 0.15) is 11.5 Å². The molecular weight excluding hydrogens is 340 g/mol. The maximum Gasteiger partial charge on any atom is 0.272 e. The van der Waals surface area contributed by atoms with E-state index >= 15 is 0 Å². The second kappa shape index (κ2) is 8.19. The maximum absolute atomic E-state index is 12.8. The van der Waals surface area contributed by atoms with Crippen molar-refractivity contribution in [1.82, 2.24) is 5.32 Å². The summed E-state index contributed by atoms with van der Waals surface area (Å²) >= 11 is 0. The molecule has 0 radical (unpaired) electrons. The van der Waals surface area contributed by atoms with Crippen molar-refractivity contribution >= 4 is 23.6 Å². The molecule has 0 aliphatic rings. The van der Waals surface area contributed by atoms with Crippen LogP contribution in [0.15, 0.2) is 77.0 Å². The minimum atomic E-state index is -0.426. The van der Waals surface area contributed by atoms with E-state index < -0.39 is 5.91 Å². The predicted molar refractivity (Wildman–Crippen MR) is 105 cm³/mol. The number of nitrogens with one attached hydrogen (secondary N) is 2. The van der Waals surface area contributed by atoms with Gasteiger partial charge in [-0.15, -0.1) is 0 Å². The number of carbonyl (C=O) groups is 2. The van der Waals surface area contributed by atoms with Crippen molar-refractivity contribution in [2.45, 2.75) is 13.8 Å². The Labute approximate surface area is 157 Å². The van der Waals surface area contributed by atoms with Crippen LogP contribution in [0.5, 0.6) is 0 Å². The van der Waals surface area contributed by atoms with Crippen LogP contribution in [0.2, 0.25) is 0 Å². The van der Waals surface area contributed by atoms with Crippen LogP contribution in [0.25, 0.3) is 6.08 Å². The molecular formula is C22H20N2O3. The standard InChI is InChI=1S/C22H20N2O3/c1-15-10-11-16(2)19(13-15)23-22(26)20(14-18-9-6-12-27-18)24-21(25)17-7-4-3-5-8-17/h3-14H,1-2H3,(H,23,26)(H,24,25)/b20-14-. The summed E-state index contributed by atoms with van der Waals surface area (Å²) in [5, 5.41) is 5.53. The number of aryl methyl sites for hydroxylation is 2. The van der Waals surface area contributed by atoms with Crippen LogP contribution in [0.4, 0.5) is 5.69 Å². The summed E-state index contributed by atoms with van der Waals surface area (Å²) < 4.78 is 5.29. The molecule has 0 saturated heterocycles. The Kier molecular flexibility index (Phi) is 5.52. The first-order chi connectivity index (χ1) is 13.0. The summed E-state index contributed by atoms with van der Waals surface area (Å²) in [6.45, 7) is 3.86. The number of rotatable bonds is 5. The van der Waals surface area contributed by atoms with Gasteiger partial charge >= 0.3 is 0 Å². The Morgan fingerprint density at radius 3 is 2.44 bits per heavy atom. The lowest BCUT2D eigenvalue weighted by molar-refractivity contribution is -0.113. The number of benzene rings is 2. The van der Waals surface area contributed by atoms with Gasteiger partial charge in [0.2, 0.25) is 0 Å². The smallest absolute Gasteiger partial charge is 0.272 e. The van der Waals surface area contributed by atoms with Gasteiger partial charge in [0.25, 0.3) is 11.8 Å². The Balaban J connectivity index is 1.87. The second-order valence-corrected chi connectivity index (χ2v) is 6.17. The van der Waals surface area contributed by atoms with Crippen molar-refractivity contribution in [3.8, 4) is 0 Å². The summed E-state index contributed by atoms with van der Waals surface area (Å²) in [6, 6.07) is 17.9. The fraction of sp³-hybridized carbons (Fsp3) is 0.0909. The van der Waals surface area contributed by atoms with Crippen molar-refractivity contribution in [3.63, 3.8) is 0 Å². The molecule has 3 rings (SSSR count). The quantitative estimate of drug-likeness (QED) is 0.666. The van der Waals surface area contributed by atoms with Crippen molar-refractivity contribution in [3.05, 3.63) is 95.1 Å². The van der Waals surface area contributed by atoms with Crippen LogP contribution in [0.1, 0.15) is 27.2 Å². The minimum Gasteiger partial charge on any atom is -0.465 e. The highest BCUT2D eigenvalue weighted by Crippen LogP contribution is 2.18. The van der Waals surface area contributed by atoms with Crippen LogP contribution in [-0.2, 0) is 4.79 Å². The van der Waals surface area contributed by atoms with E-state index in [4.69, 9.17) is 4.42 Å². The number of furan rings is 1. The van der Waals surface area contributed by atoms with Crippen molar-refractivity contribution < 1.29 is 14.0 Å². The molecule has 0 unspecified atom stereocenters. The molecule has 2 amide bonds. The second-order valence-electron chi connectivity index (χ2n) is 6.17. The zero-order valence-corrected chi connectivity index (χ0v) is 15.2. The lowest BCUT2D eigenvalue weighted by Gasteiger charge is -2.13.